The van der Waals surface area contributed by atoms with Crippen molar-refractivity contribution < 1.29 is 13.9 Å². The Hall–Kier alpha value is -1.16. The van der Waals surface area contributed by atoms with Crippen LogP contribution in [0.5, 0.6) is 5.75 Å². The molecule has 0 aliphatic carbocycles. The number of hydrogen-bond donors (Lipinski definition) is 2. The Labute approximate surface area is 75.2 Å². The monoisotopic (exact) mass is 187 g/mol. The van der Waals surface area contributed by atoms with Crippen LogP contribution in [-0.4, -0.2) is 12.2 Å². The second-order valence-corrected chi connectivity index (χ2v) is 2.72. The Balaban J connectivity index is 2.97. The van der Waals surface area contributed by atoms with Crippen molar-refractivity contribution >= 4 is 0 Å². The molecule has 0 radical (unpaired) electrons. The van der Waals surface area contributed by atoms with E-state index in [1.807, 2.05) is 0 Å². The fourth-order valence-electron chi connectivity index (χ4n) is 1.07. The van der Waals surface area contributed by atoms with Gasteiger partial charge in [-0.1, -0.05) is 0 Å². The zero-order valence-corrected chi connectivity index (χ0v) is 7.22. The van der Waals surface area contributed by atoms with Crippen molar-refractivity contribution in [1.29, 1.82) is 0 Å². The predicted octanol–water partition coefficient (Wildman–Crippen LogP) is 2.05. The van der Waals surface area contributed by atoms with Crippen LogP contribution < -0.4 is 5.32 Å². The van der Waals surface area contributed by atoms with E-state index in [9.17, 15) is 13.9 Å². The van der Waals surface area contributed by atoms with E-state index in [-0.39, 0.29) is 11.3 Å². The standard InChI is InChI=1S/C9H11F2NO/c1-12-5-7-4-6(9(10)11)2-3-8(7)13/h2-4,9,12-13H,5H2,1H3. The Morgan fingerprint density at radius 3 is 2.69 bits per heavy atom. The van der Waals surface area contributed by atoms with E-state index in [0.717, 1.165) is 0 Å². The molecule has 2 nitrogen and oxygen atoms in total. The summed E-state index contributed by atoms with van der Waals surface area (Å²) in [5.41, 5.74) is 0.420. The van der Waals surface area contributed by atoms with Crippen LogP contribution >= 0.6 is 0 Å². The van der Waals surface area contributed by atoms with Crippen molar-refractivity contribution in [2.75, 3.05) is 7.05 Å². The summed E-state index contributed by atoms with van der Waals surface area (Å²) in [6.45, 7) is 0.381. The van der Waals surface area contributed by atoms with E-state index in [1.54, 1.807) is 7.05 Å². The number of nitrogens with one attached hydrogen (secondary N) is 1. The van der Waals surface area contributed by atoms with Gasteiger partial charge in [0.15, 0.2) is 0 Å². The highest BCUT2D eigenvalue weighted by Gasteiger charge is 2.09. The second kappa shape index (κ2) is 4.18. The van der Waals surface area contributed by atoms with Crippen LogP contribution in [0.15, 0.2) is 18.2 Å². The molecule has 0 amide bonds. The second-order valence-electron chi connectivity index (χ2n) is 2.72. The molecule has 72 valence electrons. The molecular formula is C9H11F2NO. The van der Waals surface area contributed by atoms with Gasteiger partial charge in [0.1, 0.15) is 5.75 Å². The number of aromatic hydroxyl groups is 1. The number of phenolic OH excluding ortho intramolecular Hbond substituents is 1. The third-order valence-electron chi connectivity index (χ3n) is 1.72. The molecule has 1 aromatic rings. The Morgan fingerprint density at radius 2 is 2.15 bits per heavy atom. The summed E-state index contributed by atoms with van der Waals surface area (Å²) in [5, 5.41) is 12.0. The zero-order chi connectivity index (χ0) is 9.84. The lowest BCUT2D eigenvalue weighted by molar-refractivity contribution is 0.151. The van der Waals surface area contributed by atoms with Crippen LogP contribution in [0, 0.1) is 0 Å². The number of halogens is 2. The fraction of sp³-hybridized carbons (Fsp3) is 0.333. The highest BCUT2D eigenvalue weighted by molar-refractivity contribution is 5.36. The Kier molecular flexibility index (Phi) is 3.19. The molecule has 1 aromatic carbocycles. The summed E-state index contributed by atoms with van der Waals surface area (Å²) in [5.74, 6) is 0.0405. The number of rotatable bonds is 3. The van der Waals surface area contributed by atoms with Gasteiger partial charge in [0.2, 0.25) is 0 Å². The smallest absolute Gasteiger partial charge is 0.263 e. The van der Waals surface area contributed by atoms with Gasteiger partial charge in [-0.15, -0.1) is 0 Å². The summed E-state index contributed by atoms with van der Waals surface area (Å²) < 4.78 is 24.4. The minimum Gasteiger partial charge on any atom is -0.508 e. The maximum absolute atomic E-state index is 12.2. The number of benzene rings is 1. The molecule has 0 heterocycles. The van der Waals surface area contributed by atoms with Crippen molar-refractivity contribution in [1.82, 2.24) is 5.32 Å². The van der Waals surface area contributed by atoms with Crippen LogP contribution in [-0.2, 0) is 6.54 Å². The largest absolute Gasteiger partial charge is 0.508 e. The third-order valence-corrected chi connectivity index (χ3v) is 1.72. The van der Waals surface area contributed by atoms with Gasteiger partial charge in [-0.25, -0.2) is 8.78 Å². The molecule has 1 rings (SSSR count). The molecular weight excluding hydrogens is 176 g/mol. The average Bonchev–Trinajstić information content (AvgIpc) is 2.08. The Morgan fingerprint density at radius 1 is 1.46 bits per heavy atom. The van der Waals surface area contributed by atoms with Gasteiger partial charge in [0.05, 0.1) is 0 Å². The first-order valence-corrected chi connectivity index (χ1v) is 3.89. The zero-order valence-electron chi connectivity index (χ0n) is 7.22. The van der Waals surface area contributed by atoms with Crippen LogP contribution in [0.4, 0.5) is 8.78 Å². The fourth-order valence-corrected chi connectivity index (χ4v) is 1.07. The average molecular weight is 187 g/mol. The van der Waals surface area contributed by atoms with Crippen LogP contribution in [0.2, 0.25) is 0 Å². The van der Waals surface area contributed by atoms with Gasteiger partial charge in [-0.2, -0.15) is 0 Å². The lowest BCUT2D eigenvalue weighted by Gasteiger charge is -2.06. The van der Waals surface area contributed by atoms with Crippen molar-refractivity contribution in [2.24, 2.45) is 0 Å². The topological polar surface area (TPSA) is 32.3 Å². The molecule has 2 N–H and O–H groups in total. The Bertz CT molecular complexity index is 289. The van der Waals surface area contributed by atoms with Crippen LogP contribution in [0.1, 0.15) is 17.6 Å². The van der Waals surface area contributed by atoms with Gasteiger partial charge in [0.25, 0.3) is 6.43 Å². The van der Waals surface area contributed by atoms with Crippen molar-refractivity contribution in [3.8, 4) is 5.75 Å². The summed E-state index contributed by atoms with van der Waals surface area (Å²) >= 11 is 0. The molecule has 0 aliphatic rings. The van der Waals surface area contributed by atoms with Crippen LogP contribution in [0.25, 0.3) is 0 Å². The van der Waals surface area contributed by atoms with E-state index in [4.69, 9.17) is 0 Å². The molecule has 0 aliphatic heterocycles. The van der Waals surface area contributed by atoms with Gasteiger partial charge in [-0.05, 0) is 25.2 Å². The quantitative estimate of drug-likeness (QED) is 0.759. The summed E-state index contributed by atoms with van der Waals surface area (Å²) in [7, 11) is 1.69. The van der Waals surface area contributed by atoms with Crippen molar-refractivity contribution in [3.63, 3.8) is 0 Å². The maximum Gasteiger partial charge on any atom is 0.263 e. The summed E-state index contributed by atoms with van der Waals surface area (Å²) in [6, 6.07) is 3.81. The van der Waals surface area contributed by atoms with Gasteiger partial charge >= 0.3 is 0 Å². The number of alkyl halides is 2. The van der Waals surface area contributed by atoms with Gasteiger partial charge in [0, 0.05) is 17.7 Å². The molecule has 4 heteroatoms. The third kappa shape index (κ3) is 2.39. The minimum absolute atomic E-state index is 0.0405. The SMILES string of the molecule is CNCc1cc(C(F)F)ccc1O. The molecule has 0 saturated heterocycles. The van der Waals surface area contributed by atoms with E-state index >= 15 is 0 Å². The van der Waals surface area contributed by atoms with Crippen molar-refractivity contribution in [2.45, 2.75) is 13.0 Å². The first-order chi connectivity index (χ1) is 6.15. The minimum atomic E-state index is -2.49. The molecule has 13 heavy (non-hydrogen) atoms. The highest BCUT2D eigenvalue weighted by Crippen LogP contribution is 2.24. The van der Waals surface area contributed by atoms with Crippen molar-refractivity contribution in [3.05, 3.63) is 29.3 Å². The summed E-state index contributed by atoms with van der Waals surface area (Å²) in [6.07, 6.45) is -2.49. The van der Waals surface area contributed by atoms with Gasteiger partial charge in [-0.3, -0.25) is 0 Å². The lowest BCUT2D eigenvalue weighted by atomic mass is 10.1. The normalized spacial score (nSPS) is 10.8. The predicted molar refractivity (Wildman–Crippen MR) is 45.8 cm³/mol. The molecule has 0 aromatic heterocycles. The molecule has 0 unspecified atom stereocenters. The first-order valence-electron chi connectivity index (χ1n) is 3.89. The highest BCUT2D eigenvalue weighted by atomic mass is 19.3. The van der Waals surface area contributed by atoms with E-state index in [2.05, 4.69) is 5.32 Å². The van der Waals surface area contributed by atoms with E-state index in [1.165, 1.54) is 18.2 Å². The van der Waals surface area contributed by atoms with Gasteiger partial charge < -0.3 is 10.4 Å². The lowest BCUT2D eigenvalue weighted by Crippen LogP contribution is -2.05. The van der Waals surface area contributed by atoms with E-state index < -0.39 is 6.43 Å². The molecule has 0 spiro atoms. The molecule has 0 fully saturated rings. The van der Waals surface area contributed by atoms with Crippen LogP contribution in [0.3, 0.4) is 0 Å². The first kappa shape index (κ1) is 9.92. The number of phenols is 1. The summed E-state index contributed by atoms with van der Waals surface area (Å²) in [4.78, 5) is 0. The molecule has 0 saturated carbocycles. The number of hydrogen-bond acceptors (Lipinski definition) is 2. The molecule has 0 atom stereocenters. The molecule has 0 bridgehead atoms. The maximum atomic E-state index is 12.2. The van der Waals surface area contributed by atoms with E-state index in [0.29, 0.717) is 12.1 Å².